The van der Waals surface area contributed by atoms with Gasteiger partial charge in [-0.15, -0.1) is 0 Å². The molecule has 0 radical (unpaired) electrons. The molecule has 0 unspecified atom stereocenters. The smallest absolute Gasteiger partial charge is 0.340 e. The molecule has 0 aliphatic carbocycles. The van der Waals surface area contributed by atoms with Crippen LogP contribution >= 0.6 is 23.2 Å². The summed E-state index contributed by atoms with van der Waals surface area (Å²) in [6.45, 7) is 3.86. The van der Waals surface area contributed by atoms with E-state index in [1.807, 2.05) is 0 Å². The number of aromatic nitrogens is 1. The van der Waals surface area contributed by atoms with Crippen molar-refractivity contribution < 1.29 is 23.4 Å². The molecule has 2 N–H and O–H groups in total. The number of pyridine rings is 1. The molecule has 1 aliphatic heterocycles. The molecule has 4 aromatic rings. The number of hydrogen-bond donors (Lipinski definition) is 1. The Balaban J connectivity index is 1.29. The van der Waals surface area contributed by atoms with E-state index in [1.165, 1.54) is 55.8 Å². The third-order valence-electron chi connectivity index (χ3n) is 7.11. The van der Waals surface area contributed by atoms with Crippen molar-refractivity contribution in [1.29, 1.82) is 0 Å². The summed E-state index contributed by atoms with van der Waals surface area (Å²) in [7, 11) is 1.57. The van der Waals surface area contributed by atoms with Crippen molar-refractivity contribution in [1.82, 2.24) is 9.88 Å². The minimum Gasteiger partial charge on any atom is -0.493 e. The van der Waals surface area contributed by atoms with E-state index in [-0.39, 0.29) is 11.4 Å². The van der Waals surface area contributed by atoms with Gasteiger partial charge in [-0.05, 0) is 86.4 Å². The zero-order valence-corrected chi connectivity index (χ0v) is 25.7. The van der Waals surface area contributed by atoms with E-state index >= 15 is 4.39 Å². The largest absolute Gasteiger partial charge is 0.493 e. The van der Waals surface area contributed by atoms with Crippen LogP contribution in [-0.4, -0.2) is 55.5 Å². The second-order valence-electron chi connectivity index (χ2n) is 10.2. The monoisotopic (exact) mass is 639 g/mol. The van der Waals surface area contributed by atoms with Crippen LogP contribution in [-0.2, 0) is 0 Å². The standard InChI is InChI=1S/C32H32Cl2FN5O4/c1-42-30-18-25-27(19-31(30)43-13-5-12-39-10-3-2-4-11-39)37-9-8-28(25)44-29-7-6-21(14-26(29)35)20-38-40(32(36)41)24-16-22(33)15-23(34)17-24/h6-9,14-20H,2-5,10-13H2,1H3,(H2,36,41). The number of urea groups is 1. The zero-order chi connectivity index (χ0) is 31.1. The number of hydrogen-bond acceptors (Lipinski definition) is 7. The lowest BCUT2D eigenvalue weighted by Crippen LogP contribution is -2.31. The van der Waals surface area contributed by atoms with Crippen LogP contribution in [0.4, 0.5) is 14.9 Å². The molecule has 230 valence electrons. The Bertz CT molecular complexity index is 1650. The van der Waals surface area contributed by atoms with E-state index in [1.54, 1.807) is 37.6 Å². The second kappa shape index (κ2) is 14.6. The van der Waals surface area contributed by atoms with Crippen LogP contribution in [0.3, 0.4) is 0 Å². The molecule has 2 amide bonds. The van der Waals surface area contributed by atoms with Crippen LogP contribution in [0.2, 0.25) is 10.0 Å². The number of ether oxygens (including phenoxy) is 3. The minimum atomic E-state index is -0.869. The van der Waals surface area contributed by atoms with E-state index in [4.69, 9.17) is 43.1 Å². The van der Waals surface area contributed by atoms with Crippen molar-refractivity contribution >= 4 is 52.0 Å². The highest BCUT2D eigenvalue weighted by Crippen LogP contribution is 2.37. The Morgan fingerprint density at radius 2 is 1.80 bits per heavy atom. The van der Waals surface area contributed by atoms with Crippen molar-refractivity contribution in [2.24, 2.45) is 10.8 Å². The molecule has 0 bridgehead atoms. The quantitative estimate of drug-likeness (QED) is 0.103. The number of anilines is 1. The Morgan fingerprint density at radius 3 is 2.50 bits per heavy atom. The maximum atomic E-state index is 15.2. The summed E-state index contributed by atoms with van der Waals surface area (Å²) < 4.78 is 32.8. The first-order valence-electron chi connectivity index (χ1n) is 14.2. The molecule has 0 saturated carbocycles. The molecule has 0 spiro atoms. The highest BCUT2D eigenvalue weighted by Gasteiger charge is 2.16. The summed E-state index contributed by atoms with van der Waals surface area (Å²) in [6.07, 6.45) is 7.61. The molecule has 5 rings (SSSR count). The highest BCUT2D eigenvalue weighted by molar-refractivity contribution is 6.35. The van der Waals surface area contributed by atoms with Crippen molar-refractivity contribution in [2.75, 3.05) is 38.4 Å². The highest BCUT2D eigenvalue weighted by atomic mass is 35.5. The number of nitrogens with zero attached hydrogens (tertiary/aromatic N) is 4. The summed E-state index contributed by atoms with van der Waals surface area (Å²) in [6, 6.07) is 13.1. The first-order chi connectivity index (χ1) is 21.3. The van der Waals surface area contributed by atoms with E-state index in [0.717, 1.165) is 31.1 Å². The third kappa shape index (κ3) is 7.88. The topological polar surface area (TPSA) is 103 Å². The normalized spacial score (nSPS) is 13.7. The molecule has 12 heteroatoms. The second-order valence-corrected chi connectivity index (χ2v) is 11.1. The van der Waals surface area contributed by atoms with Crippen molar-refractivity contribution in [3.63, 3.8) is 0 Å². The number of hydrazone groups is 1. The number of likely N-dealkylation sites (tertiary alicyclic amines) is 1. The van der Waals surface area contributed by atoms with Gasteiger partial charge in [-0.1, -0.05) is 29.6 Å². The number of benzene rings is 3. The van der Waals surface area contributed by atoms with Gasteiger partial charge in [0.1, 0.15) is 5.75 Å². The number of primary amides is 1. The third-order valence-corrected chi connectivity index (χ3v) is 7.55. The maximum Gasteiger partial charge on any atom is 0.340 e. The van der Waals surface area contributed by atoms with Gasteiger partial charge in [0.15, 0.2) is 23.1 Å². The molecule has 1 fully saturated rings. The summed E-state index contributed by atoms with van der Waals surface area (Å²) in [5.74, 6) is 0.850. The number of halogens is 3. The van der Waals surface area contributed by atoms with E-state index < -0.39 is 11.8 Å². The molecule has 3 aromatic carbocycles. The molecular weight excluding hydrogens is 608 g/mol. The van der Waals surface area contributed by atoms with Crippen molar-refractivity contribution in [2.45, 2.75) is 25.7 Å². The van der Waals surface area contributed by atoms with Gasteiger partial charge in [-0.25, -0.2) is 9.18 Å². The Morgan fingerprint density at radius 1 is 1.02 bits per heavy atom. The van der Waals surface area contributed by atoms with Crippen molar-refractivity contribution in [3.05, 3.63) is 82.2 Å². The molecule has 2 heterocycles. The zero-order valence-electron chi connectivity index (χ0n) is 24.1. The summed E-state index contributed by atoms with van der Waals surface area (Å²) in [5.41, 5.74) is 6.71. The Kier molecular flexibility index (Phi) is 10.4. The lowest BCUT2D eigenvalue weighted by atomic mass is 10.1. The summed E-state index contributed by atoms with van der Waals surface area (Å²) in [4.78, 5) is 18.9. The van der Waals surface area contributed by atoms with Gasteiger partial charge in [0.25, 0.3) is 0 Å². The Labute approximate surface area is 264 Å². The number of nitrogens with two attached hydrogens (primary N) is 1. The lowest BCUT2D eigenvalue weighted by Gasteiger charge is -2.26. The van der Waals surface area contributed by atoms with Crippen LogP contribution in [0.15, 0.2) is 65.9 Å². The van der Waals surface area contributed by atoms with Crippen LogP contribution in [0, 0.1) is 5.82 Å². The van der Waals surface area contributed by atoms with Gasteiger partial charge in [0.05, 0.1) is 31.1 Å². The first kappa shape index (κ1) is 31.3. The predicted octanol–water partition coefficient (Wildman–Crippen LogP) is 7.66. The Hall–Kier alpha value is -4.12. The first-order valence-corrected chi connectivity index (χ1v) is 15.0. The van der Waals surface area contributed by atoms with Gasteiger partial charge < -0.3 is 24.8 Å². The average molecular weight is 641 g/mol. The predicted molar refractivity (Wildman–Crippen MR) is 171 cm³/mol. The van der Waals surface area contributed by atoms with E-state index in [0.29, 0.717) is 50.4 Å². The lowest BCUT2D eigenvalue weighted by molar-refractivity contribution is 0.203. The fourth-order valence-corrected chi connectivity index (χ4v) is 5.49. The molecular formula is C32H32Cl2FN5O4. The fourth-order valence-electron chi connectivity index (χ4n) is 4.98. The number of carbonyl (C=O) groups excluding carboxylic acids is 1. The van der Waals surface area contributed by atoms with Gasteiger partial charge in [0, 0.05) is 34.2 Å². The van der Waals surface area contributed by atoms with E-state index in [2.05, 4.69) is 15.0 Å². The van der Waals surface area contributed by atoms with Crippen LogP contribution < -0.4 is 25.0 Å². The molecule has 44 heavy (non-hydrogen) atoms. The van der Waals surface area contributed by atoms with Crippen molar-refractivity contribution in [3.8, 4) is 23.0 Å². The average Bonchev–Trinajstić information content (AvgIpc) is 3.00. The molecule has 9 nitrogen and oxygen atoms in total. The van der Waals surface area contributed by atoms with Gasteiger partial charge in [-0.2, -0.15) is 10.1 Å². The number of carbonyl (C=O) groups is 1. The summed E-state index contributed by atoms with van der Waals surface area (Å²) in [5, 5.41) is 6.23. The number of fused-ring (bicyclic) bond motifs is 1. The van der Waals surface area contributed by atoms with Gasteiger partial charge >= 0.3 is 6.03 Å². The number of amides is 2. The fraction of sp³-hybridized carbons (Fsp3) is 0.281. The van der Waals surface area contributed by atoms with Gasteiger partial charge in [0.2, 0.25) is 0 Å². The molecule has 0 atom stereocenters. The summed E-state index contributed by atoms with van der Waals surface area (Å²) >= 11 is 12.1. The maximum absolute atomic E-state index is 15.2. The van der Waals surface area contributed by atoms with Crippen LogP contribution in [0.1, 0.15) is 31.2 Å². The van der Waals surface area contributed by atoms with Gasteiger partial charge in [-0.3, -0.25) is 4.98 Å². The molecule has 1 saturated heterocycles. The number of piperidine rings is 1. The number of rotatable bonds is 11. The van der Waals surface area contributed by atoms with Crippen LogP contribution in [0.5, 0.6) is 23.0 Å². The number of methoxy groups -OCH3 is 1. The molecule has 1 aromatic heterocycles. The van der Waals surface area contributed by atoms with E-state index in [9.17, 15) is 4.79 Å². The van der Waals surface area contributed by atoms with Crippen LogP contribution in [0.25, 0.3) is 10.9 Å². The minimum absolute atomic E-state index is 0.0139. The SMILES string of the molecule is COc1cc2c(Oc3ccc(C=NN(C(N)=O)c4cc(Cl)cc(Cl)c4)cc3F)ccnc2cc1OCCCN1CCCCC1. The molecule has 1 aliphatic rings.